The van der Waals surface area contributed by atoms with Crippen molar-refractivity contribution in [1.29, 1.82) is 0 Å². The molecule has 0 saturated heterocycles. The van der Waals surface area contributed by atoms with E-state index >= 15 is 0 Å². The Balaban J connectivity index is 1.30. The number of fused-ring (bicyclic) bond motifs is 1. The number of hydrogen-bond donors (Lipinski definition) is 1. The van der Waals surface area contributed by atoms with Crippen LogP contribution in [0.4, 0.5) is 0 Å². The molecule has 1 fully saturated rings. The highest BCUT2D eigenvalue weighted by atomic mass is 32.2. The molecule has 1 aliphatic heterocycles. The quantitative estimate of drug-likeness (QED) is 0.901. The van der Waals surface area contributed by atoms with Gasteiger partial charge in [-0.25, -0.2) is 0 Å². The van der Waals surface area contributed by atoms with Gasteiger partial charge >= 0.3 is 0 Å². The summed E-state index contributed by atoms with van der Waals surface area (Å²) < 4.78 is 0. The predicted octanol–water partition coefficient (Wildman–Crippen LogP) is 2.80. The summed E-state index contributed by atoms with van der Waals surface area (Å²) in [6.07, 6.45) is 4.08. The molecule has 2 unspecified atom stereocenters. The third-order valence-corrected chi connectivity index (χ3v) is 5.62. The first-order chi connectivity index (χ1) is 8.90. The molecule has 2 nitrogen and oxygen atoms in total. The smallest absolute Gasteiger partial charge is 0.156 e. The van der Waals surface area contributed by atoms with Gasteiger partial charge in [-0.1, -0.05) is 36.0 Å². The molecular weight excluding hydrogens is 240 g/mol. The molecule has 2 atom stereocenters. The van der Waals surface area contributed by atoms with Gasteiger partial charge in [-0.05, 0) is 36.3 Å². The second kappa shape index (κ2) is 4.30. The van der Waals surface area contributed by atoms with Crippen LogP contribution in [-0.4, -0.2) is 23.5 Å². The fourth-order valence-electron chi connectivity index (χ4n) is 2.96. The van der Waals surface area contributed by atoms with E-state index in [1.165, 1.54) is 35.6 Å². The molecule has 2 aliphatic carbocycles. The minimum Gasteiger partial charge on any atom is -0.364 e. The fourth-order valence-corrected chi connectivity index (χ4v) is 4.17. The van der Waals surface area contributed by atoms with E-state index < -0.39 is 0 Å². The van der Waals surface area contributed by atoms with Crippen LogP contribution < -0.4 is 5.32 Å². The lowest BCUT2D eigenvalue weighted by molar-refractivity contribution is 0.592. The topological polar surface area (TPSA) is 24.4 Å². The van der Waals surface area contributed by atoms with E-state index in [4.69, 9.17) is 0 Å². The number of thioether (sulfide) groups is 1. The van der Waals surface area contributed by atoms with E-state index in [1.807, 2.05) is 11.8 Å². The number of hydrogen-bond acceptors (Lipinski definition) is 3. The first-order valence-electron chi connectivity index (χ1n) is 6.93. The summed E-state index contributed by atoms with van der Waals surface area (Å²) in [5.41, 5.74) is 3.06. The van der Waals surface area contributed by atoms with Gasteiger partial charge in [-0.2, -0.15) is 0 Å². The molecule has 3 heteroatoms. The van der Waals surface area contributed by atoms with Gasteiger partial charge in [0.05, 0.1) is 6.54 Å². The lowest BCUT2D eigenvalue weighted by Crippen LogP contribution is -2.31. The number of benzene rings is 1. The summed E-state index contributed by atoms with van der Waals surface area (Å²) in [5.74, 6) is 1.66. The highest BCUT2D eigenvalue weighted by molar-refractivity contribution is 8.14. The van der Waals surface area contributed by atoms with Crippen LogP contribution in [0.2, 0.25) is 0 Å². The van der Waals surface area contributed by atoms with E-state index in [0.29, 0.717) is 5.92 Å². The molecular formula is C15H18N2S. The fraction of sp³-hybridized carbons (Fsp3) is 0.533. The predicted molar refractivity (Wildman–Crippen MR) is 77.3 cm³/mol. The Hall–Kier alpha value is -0.960. The molecule has 4 rings (SSSR count). The maximum Gasteiger partial charge on any atom is 0.156 e. The van der Waals surface area contributed by atoms with Crippen molar-refractivity contribution in [2.75, 3.05) is 13.1 Å². The largest absolute Gasteiger partial charge is 0.364 e. The van der Waals surface area contributed by atoms with Crippen molar-refractivity contribution >= 4 is 16.9 Å². The van der Waals surface area contributed by atoms with Gasteiger partial charge in [0.15, 0.2) is 5.17 Å². The summed E-state index contributed by atoms with van der Waals surface area (Å²) in [4.78, 5) is 4.63. The molecule has 1 aromatic rings. The normalized spacial score (nSPS) is 29.4. The molecule has 1 aromatic carbocycles. The van der Waals surface area contributed by atoms with Gasteiger partial charge in [-0.15, -0.1) is 0 Å². The van der Waals surface area contributed by atoms with Crippen molar-refractivity contribution in [3.63, 3.8) is 0 Å². The number of aliphatic imine (C=N–C) groups is 1. The molecule has 0 bridgehead atoms. The lowest BCUT2D eigenvalue weighted by Gasteiger charge is -2.30. The van der Waals surface area contributed by atoms with Crippen molar-refractivity contribution in [1.82, 2.24) is 5.32 Å². The Labute approximate surface area is 112 Å². The van der Waals surface area contributed by atoms with Crippen molar-refractivity contribution < 1.29 is 0 Å². The van der Waals surface area contributed by atoms with Crippen LogP contribution in [0.1, 0.15) is 29.9 Å². The van der Waals surface area contributed by atoms with Crippen LogP contribution >= 0.6 is 11.8 Å². The van der Waals surface area contributed by atoms with Crippen LogP contribution in [0.15, 0.2) is 29.3 Å². The highest BCUT2D eigenvalue weighted by Gasteiger charge is 2.35. The SMILES string of the molecule is c1ccc2c(c1)CC2CNC1=NCC(C2CC2)S1. The zero-order chi connectivity index (χ0) is 11.9. The zero-order valence-corrected chi connectivity index (χ0v) is 11.2. The van der Waals surface area contributed by atoms with Crippen molar-refractivity contribution in [2.45, 2.75) is 30.4 Å². The molecule has 0 aromatic heterocycles. The van der Waals surface area contributed by atoms with Gasteiger partial charge in [0.1, 0.15) is 0 Å². The van der Waals surface area contributed by atoms with Gasteiger partial charge in [-0.3, -0.25) is 4.99 Å². The third-order valence-electron chi connectivity index (χ3n) is 4.29. The highest BCUT2D eigenvalue weighted by Crippen LogP contribution is 2.41. The third kappa shape index (κ3) is 1.95. The van der Waals surface area contributed by atoms with Crippen molar-refractivity contribution in [3.8, 4) is 0 Å². The number of rotatable bonds is 3. The summed E-state index contributed by atoms with van der Waals surface area (Å²) in [7, 11) is 0. The summed E-state index contributed by atoms with van der Waals surface area (Å²) >= 11 is 1.98. The zero-order valence-electron chi connectivity index (χ0n) is 10.4. The summed E-state index contributed by atoms with van der Waals surface area (Å²) in [6, 6.07) is 8.80. The second-order valence-corrected chi connectivity index (χ2v) is 6.85. The Kier molecular flexibility index (Phi) is 2.61. The molecule has 0 amide bonds. The van der Waals surface area contributed by atoms with E-state index in [2.05, 4.69) is 34.6 Å². The number of amidine groups is 1. The average molecular weight is 258 g/mol. The maximum atomic E-state index is 4.63. The first kappa shape index (κ1) is 10.9. The molecule has 18 heavy (non-hydrogen) atoms. The van der Waals surface area contributed by atoms with Crippen LogP contribution in [0.5, 0.6) is 0 Å². The van der Waals surface area contributed by atoms with Gasteiger partial charge in [0.25, 0.3) is 0 Å². The molecule has 0 radical (unpaired) electrons. The molecule has 1 saturated carbocycles. The van der Waals surface area contributed by atoms with Crippen molar-refractivity contribution in [2.24, 2.45) is 10.9 Å². The summed E-state index contributed by atoms with van der Waals surface area (Å²) in [5, 5.41) is 5.52. The first-order valence-corrected chi connectivity index (χ1v) is 7.81. The van der Waals surface area contributed by atoms with E-state index in [9.17, 15) is 0 Å². The van der Waals surface area contributed by atoms with E-state index in [1.54, 1.807) is 0 Å². The number of nitrogens with one attached hydrogen (secondary N) is 1. The van der Waals surface area contributed by atoms with Gasteiger partial charge in [0, 0.05) is 17.7 Å². The summed E-state index contributed by atoms with van der Waals surface area (Å²) in [6.45, 7) is 2.10. The average Bonchev–Trinajstić information content (AvgIpc) is 3.11. The Morgan fingerprint density at radius 3 is 3.00 bits per heavy atom. The Morgan fingerprint density at radius 1 is 1.28 bits per heavy atom. The molecule has 94 valence electrons. The van der Waals surface area contributed by atoms with Crippen LogP contribution in [-0.2, 0) is 6.42 Å². The van der Waals surface area contributed by atoms with E-state index in [-0.39, 0.29) is 0 Å². The van der Waals surface area contributed by atoms with Crippen LogP contribution in [0.25, 0.3) is 0 Å². The Morgan fingerprint density at radius 2 is 2.17 bits per heavy atom. The standard InChI is InChI=1S/C15H18N2S/c1-2-4-13-11(3-1)7-12(13)8-16-15-17-9-14(18-15)10-5-6-10/h1-4,10,12,14H,5-9H2,(H,16,17). The van der Waals surface area contributed by atoms with E-state index in [0.717, 1.165) is 24.3 Å². The molecule has 1 heterocycles. The van der Waals surface area contributed by atoms with Crippen LogP contribution in [0.3, 0.4) is 0 Å². The Bertz CT molecular complexity index is 493. The number of nitrogens with zero attached hydrogens (tertiary/aromatic N) is 1. The minimum absolute atomic E-state index is 0.699. The van der Waals surface area contributed by atoms with Gasteiger partial charge < -0.3 is 5.32 Å². The molecule has 3 aliphatic rings. The van der Waals surface area contributed by atoms with Crippen molar-refractivity contribution in [3.05, 3.63) is 35.4 Å². The van der Waals surface area contributed by atoms with Gasteiger partial charge in [0.2, 0.25) is 0 Å². The van der Waals surface area contributed by atoms with Crippen LogP contribution in [0, 0.1) is 5.92 Å². The maximum absolute atomic E-state index is 4.63. The molecule has 1 N–H and O–H groups in total. The monoisotopic (exact) mass is 258 g/mol. The lowest BCUT2D eigenvalue weighted by atomic mass is 9.78. The molecule has 0 spiro atoms. The second-order valence-electron chi connectivity index (χ2n) is 5.62. The minimum atomic E-state index is 0.699.